The minimum Gasteiger partial charge on any atom is -0.469 e. The summed E-state index contributed by atoms with van der Waals surface area (Å²) in [5.41, 5.74) is 0.948. The molecule has 0 aromatic heterocycles. The van der Waals surface area contributed by atoms with Crippen LogP contribution in [0, 0.1) is 0 Å². The van der Waals surface area contributed by atoms with E-state index in [9.17, 15) is 9.59 Å². The maximum absolute atomic E-state index is 12.0. The standard InChI is InChI=1S/C15H19NO5S/c1-10(22-6-5-14(17)19-2)15(18)16-8-11-3-4-12-13(7-11)21-9-20-12/h3-4,7,10H,5-6,8-9H2,1-2H3,(H,16,18)/t10-/m1/s1. The number of carbonyl (C=O) groups excluding carboxylic acids is 2. The van der Waals surface area contributed by atoms with E-state index in [2.05, 4.69) is 10.1 Å². The second-order valence-corrected chi connectivity index (χ2v) is 6.19. The fourth-order valence-electron chi connectivity index (χ4n) is 1.88. The van der Waals surface area contributed by atoms with E-state index >= 15 is 0 Å². The van der Waals surface area contributed by atoms with Gasteiger partial charge in [0, 0.05) is 12.3 Å². The SMILES string of the molecule is COC(=O)CCS[C@H](C)C(=O)NCc1ccc2c(c1)OCO2. The van der Waals surface area contributed by atoms with Crippen LogP contribution in [0.25, 0.3) is 0 Å². The Labute approximate surface area is 133 Å². The number of hydrogen-bond donors (Lipinski definition) is 1. The summed E-state index contributed by atoms with van der Waals surface area (Å²) in [6.45, 7) is 2.48. The van der Waals surface area contributed by atoms with Crippen LogP contribution in [-0.2, 0) is 20.9 Å². The molecule has 2 rings (SSSR count). The summed E-state index contributed by atoms with van der Waals surface area (Å²) in [7, 11) is 1.36. The molecule has 1 aliphatic heterocycles. The summed E-state index contributed by atoms with van der Waals surface area (Å²) in [6.07, 6.45) is 0.306. The quantitative estimate of drug-likeness (QED) is 0.770. The average molecular weight is 325 g/mol. The molecule has 0 aliphatic carbocycles. The number of nitrogens with one attached hydrogen (secondary N) is 1. The van der Waals surface area contributed by atoms with Gasteiger partial charge in [-0.15, -0.1) is 11.8 Å². The fraction of sp³-hybridized carbons (Fsp3) is 0.467. The Morgan fingerprint density at radius 3 is 2.91 bits per heavy atom. The van der Waals surface area contributed by atoms with Gasteiger partial charge in [-0.25, -0.2) is 0 Å². The second kappa shape index (κ2) is 7.93. The van der Waals surface area contributed by atoms with Crippen LogP contribution in [0.15, 0.2) is 18.2 Å². The molecule has 22 heavy (non-hydrogen) atoms. The summed E-state index contributed by atoms with van der Waals surface area (Å²) < 4.78 is 15.1. The molecule has 0 radical (unpaired) electrons. The molecule has 1 amide bonds. The summed E-state index contributed by atoms with van der Waals surface area (Å²) in [6, 6.07) is 5.58. The molecule has 1 atom stereocenters. The number of ether oxygens (including phenoxy) is 3. The average Bonchev–Trinajstić information content (AvgIpc) is 2.99. The van der Waals surface area contributed by atoms with Gasteiger partial charge in [0.2, 0.25) is 12.7 Å². The number of hydrogen-bond acceptors (Lipinski definition) is 6. The molecular weight excluding hydrogens is 306 g/mol. The molecular formula is C15H19NO5S. The van der Waals surface area contributed by atoms with Gasteiger partial charge in [0.15, 0.2) is 11.5 Å². The number of esters is 1. The highest BCUT2D eigenvalue weighted by Gasteiger charge is 2.16. The highest BCUT2D eigenvalue weighted by molar-refractivity contribution is 8.00. The number of thioether (sulfide) groups is 1. The maximum Gasteiger partial charge on any atom is 0.306 e. The van der Waals surface area contributed by atoms with Crippen LogP contribution in [0.4, 0.5) is 0 Å². The van der Waals surface area contributed by atoms with Crippen molar-refractivity contribution in [3.05, 3.63) is 23.8 Å². The lowest BCUT2D eigenvalue weighted by Crippen LogP contribution is -2.30. The molecule has 0 fully saturated rings. The summed E-state index contributed by atoms with van der Waals surface area (Å²) in [4.78, 5) is 23.0. The van der Waals surface area contributed by atoms with Crippen LogP contribution in [-0.4, -0.2) is 36.8 Å². The largest absolute Gasteiger partial charge is 0.469 e. The Morgan fingerprint density at radius 1 is 1.36 bits per heavy atom. The highest BCUT2D eigenvalue weighted by atomic mass is 32.2. The predicted molar refractivity (Wildman–Crippen MR) is 83.0 cm³/mol. The van der Waals surface area contributed by atoms with Crippen molar-refractivity contribution in [1.29, 1.82) is 0 Å². The molecule has 0 bridgehead atoms. The molecule has 1 aromatic rings. The lowest BCUT2D eigenvalue weighted by Gasteiger charge is -2.12. The number of fused-ring (bicyclic) bond motifs is 1. The van der Waals surface area contributed by atoms with Gasteiger partial charge in [-0.1, -0.05) is 6.07 Å². The van der Waals surface area contributed by atoms with E-state index in [1.165, 1.54) is 18.9 Å². The normalized spacial score (nSPS) is 13.5. The second-order valence-electron chi connectivity index (χ2n) is 4.74. The Bertz CT molecular complexity index is 549. The molecule has 0 spiro atoms. The lowest BCUT2D eigenvalue weighted by atomic mass is 10.2. The minimum atomic E-state index is -0.263. The number of carbonyl (C=O) groups is 2. The van der Waals surface area contributed by atoms with Crippen molar-refractivity contribution in [3.63, 3.8) is 0 Å². The van der Waals surface area contributed by atoms with Crippen LogP contribution < -0.4 is 14.8 Å². The Hall–Kier alpha value is -1.89. The topological polar surface area (TPSA) is 73.9 Å². The van der Waals surface area contributed by atoms with Crippen LogP contribution in [0.1, 0.15) is 18.9 Å². The van der Waals surface area contributed by atoms with E-state index < -0.39 is 0 Å². The van der Waals surface area contributed by atoms with E-state index in [1.807, 2.05) is 25.1 Å². The third-order valence-electron chi connectivity index (χ3n) is 3.17. The van der Waals surface area contributed by atoms with Crippen LogP contribution in [0.3, 0.4) is 0 Å². The molecule has 1 aliphatic rings. The van der Waals surface area contributed by atoms with Crippen molar-refractivity contribution in [3.8, 4) is 11.5 Å². The molecule has 6 nitrogen and oxygen atoms in total. The summed E-state index contributed by atoms with van der Waals surface area (Å²) >= 11 is 1.43. The molecule has 0 saturated carbocycles. The van der Waals surface area contributed by atoms with Crippen molar-refractivity contribution >= 4 is 23.6 Å². The Kier molecular flexibility index (Phi) is 5.94. The third kappa shape index (κ3) is 4.56. The van der Waals surface area contributed by atoms with Gasteiger partial charge in [0.05, 0.1) is 18.8 Å². The molecule has 0 saturated heterocycles. The van der Waals surface area contributed by atoms with Gasteiger partial charge >= 0.3 is 5.97 Å². The van der Waals surface area contributed by atoms with E-state index in [1.54, 1.807) is 0 Å². The number of benzene rings is 1. The van der Waals surface area contributed by atoms with Gasteiger partial charge < -0.3 is 19.5 Å². The van der Waals surface area contributed by atoms with Crippen molar-refractivity contribution in [1.82, 2.24) is 5.32 Å². The molecule has 0 unspecified atom stereocenters. The first-order valence-electron chi connectivity index (χ1n) is 6.95. The zero-order valence-corrected chi connectivity index (χ0v) is 13.4. The predicted octanol–water partition coefficient (Wildman–Crippen LogP) is 1.72. The smallest absolute Gasteiger partial charge is 0.306 e. The first-order valence-corrected chi connectivity index (χ1v) is 7.99. The van der Waals surface area contributed by atoms with Crippen LogP contribution >= 0.6 is 11.8 Å². The molecule has 7 heteroatoms. The number of rotatable bonds is 7. The molecule has 1 heterocycles. The molecule has 1 N–H and O–H groups in total. The van der Waals surface area contributed by atoms with Gasteiger partial charge in [-0.2, -0.15) is 0 Å². The van der Waals surface area contributed by atoms with Gasteiger partial charge in [0.1, 0.15) is 0 Å². The lowest BCUT2D eigenvalue weighted by molar-refractivity contribution is -0.140. The zero-order chi connectivity index (χ0) is 15.9. The third-order valence-corrected chi connectivity index (χ3v) is 4.33. The van der Waals surface area contributed by atoms with E-state index in [0.29, 0.717) is 24.5 Å². The first kappa shape index (κ1) is 16.5. The number of methoxy groups -OCH3 is 1. The van der Waals surface area contributed by atoms with E-state index in [0.717, 1.165) is 11.3 Å². The van der Waals surface area contributed by atoms with E-state index in [4.69, 9.17) is 9.47 Å². The van der Waals surface area contributed by atoms with Gasteiger partial charge in [-0.05, 0) is 24.6 Å². The van der Waals surface area contributed by atoms with E-state index in [-0.39, 0.29) is 23.9 Å². The fourth-order valence-corrected chi connectivity index (χ4v) is 2.75. The van der Waals surface area contributed by atoms with Gasteiger partial charge in [0.25, 0.3) is 0 Å². The summed E-state index contributed by atoms with van der Waals surface area (Å²) in [5.74, 6) is 1.66. The molecule has 120 valence electrons. The molecule has 1 aromatic carbocycles. The first-order chi connectivity index (χ1) is 10.6. The Morgan fingerprint density at radius 2 is 2.14 bits per heavy atom. The highest BCUT2D eigenvalue weighted by Crippen LogP contribution is 2.32. The minimum absolute atomic E-state index is 0.0625. The maximum atomic E-state index is 12.0. The van der Waals surface area contributed by atoms with Crippen LogP contribution in [0.2, 0.25) is 0 Å². The zero-order valence-electron chi connectivity index (χ0n) is 12.6. The number of amides is 1. The van der Waals surface area contributed by atoms with Crippen molar-refractivity contribution in [2.24, 2.45) is 0 Å². The van der Waals surface area contributed by atoms with Gasteiger partial charge in [-0.3, -0.25) is 9.59 Å². The van der Waals surface area contributed by atoms with Crippen molar-refractivity contribution in [2.75, 3.05) is 19.7 Å². The van der Waals surface area contributed by atoms with Crippen molar-refractivity contribution in [2.45, 2.75) is 25.1 Å². The van der Waals surface area contributed by atoms with Crippen LogP contribution in [0.5, 0.6) is 11.5 Å². The summed E-state index contributed by atoms with van der Waals surface area (Å²) in [5, 5.41) is 2.65. The van der Waals surface area contributed by atoms with Crippen molar-refractivity contribution < 1.29 is 23.8 Å². The Balaban J connectivity index is 1.73. The monoisotopic (exact) mass is 325 g/mol.